The molecule has 0 fully saturated rings. The Kier molecular flexibility index (Phi) is 5.29. The molecule has 0 saturated heterocycles. The Morgan fingerprint density at radius 1 is 1.50 bits per heavy atom. The molecule has 0 saturated carbocycles. The number of nitrogens with one attached hydrogen (secondary N) is 2. The van der Waals surface area contributed by atoms with Crippen LogP contribution in [0.3, 0.4) is 0 Å². The second-order valence-corrected chi connectivity index (χ2v) is 4.40. The molecule has 1 aromatic heterocycles. The minimum atomic E-state index is -0.482. The lowest BCUT2D eigenvalue weighted by atomic mass is 10.1. The maximum absolute atomic E-state index is 10.8. The monoisotopic (exact) mass is 253 g/mol. The predicted molar refractivity (Wildman–Crippen MR) is 70.8 cm³/mol. The standard InChI is InChI=1S/C11H19N5O2/c1-8(2)5-4-6-13-10-9(16(17)18)7-14-11(12-3)15-10/h7-8H,4-6H2,1-3H3,(H2,12,13,14,15). The van der Waals surface area contributed by atoms with E-state index < -0.39 is 4.92 Å². The molecule has 0 amide bonds. The fourth-order valence-electron chi connectivity index (χ4n) is 1.48. The first-order valence-corrected chi connectivity index (χ1v) is 5.97. The van der Waals surface area contributed by atoms with Crippen molar-refractivity contribution in [3.8, 4) is 0 Å². The third kappa shape index (κ3) is 4.15. The summed E-state index contributed by atoms with van der Waals surface area (Å²) in [4.78, 5) is 18.2. The summed E-state index contributed by atoms with van der Waals surface area (Å²) in [7, 11) is 1.67. The van der Waals surface area contributed by atoms with Gasteiger partial charge in [-0.05, 0) is 18.8 Å². The van der Waals surface area contributed by atoms with Gasteiger partial charge in [0.1, 0.15) is 6.20 Å². The Hall–Kier alpha value is -1.92. The number of nitrogens with zero attached hydrogens (tertiary/aromatic N) is 3. The van der Waals surface area contributed by atoms with Crippen molar-refractivity contribution in [2.24, 2.45) is 5.92 Å². The van der Waals surface area contributed by atoms with E-state index in [4.69, 9.17) is 0 Å². The van der Waals surface area contributed by atoms with Crippen LogP contribution in [0, 0.1) is 16.0 Å². The number of rotatable bonds is 7. The fraction of sp³-hybridized carbons (Fsp3) is 0.636. The van der Waals surface area contributed by atoms with Crippen molar-refractivity contribution in [3.05, 3.63) is 16.3 Å². The molecule has 0 aliphatic carbocycles. The molecule has 7 nitrogen and oxygen atoms in total. The third-order valence-electron chi connectivity index (χ3n) is 2.44. The molecule has 0 aliphatic rings. The first-order valence-electron chi connectivity index (χ1n) is 5.97. The zero-order valence-corrected chi connectivity index (χ0v) is 10.9. The maximum atomic E-state index is 10.8. The van der Waals surface area contributed by atoms with Crippen LogP contribution in [0.5, 0.6) is 0 Å². The number of hydrogen-bond acceptors (Lipinski definition) is 6. The molecule has 2 N–H and O–H groups in total. The van der Waals surface area contributed by atoms with E-state index in [9.17, 15) is 10.1 Å². The first-order chi connectivity index (χ1) is 8.54. The topological polar surface area (TPSA) is 93.0 Å². The van der Waals surface area contributed by atoms with Gasteiger partial charge in [0, 0.05) is 13.6 Å². The van der Waals surface area contributed by atoms with Crippen molar-refractivity contribution >= 4 is 17.5 Å². The first kappa shape index (κ1) is 14.1. The van der Waals surface area contributed by atoms with E-state index in [1.165, 1.54) is 6.20 Å². The highest BCUT2D eigenvalue weighted by atomic mass is 16.6. The second-order valence-electron chi connectivity index (χ2n) is 4.40. The number of anilines is 2. The van der Waals surface area contributed by atoms with Gasteiger partial charge in [-0.2, -0.15) is 4.98 Å². The highest BCUT2D eigenvalue weighted by Gasteiger charge is 2.16. The molecule has 0 bridgehead atoms. The van der Waals surface area contributed by atoms with E-state index >= 15 is 0 Å². The van der Waals surface area contributed by atoms with Gasteiger partial charge >= 0.3 is 5.69 Å². The molecule has 100 valence electrons. The van der Waals surface area contributed by atoms with Crippen LogP contribution in [0.4, 0.5) is 17.5 Å². The van der Waals surface area contributed by atoms with Crippen molar-refractivity contribution in [2.75, 3.05) is 24.2 Å². The highest BCUT2D eigenvalue weighted by molar-refractivity contribution is 5.56. The Labute approximate surface area is 106 Å². The van der Waals surface area contributed by atoms with Gasteiger partial charge in [-0.3, -0.25) is 10.1 Å². The Balaban J connectivity index is 2.69. The van der Waals surface area contributed by atoms with Crippen molar-refractivity contribution in [1.29, 1.82) is 0 Å². The SMILES string of the molecule is CNc1ncc([N+](=O)[O-])c(NCCCC(C)C)n1. The maximum Gasteiger partial charge on any atom is 0.329 e. The van der Waals surface area contributed by atoms with Crippen LogP contribution < -0.4 is 10.6 Å². The molecule has 1 heterocycles. The summed E-state index contributed by atoms with van der Waals surface area (Å²) in [6.45, 7) is 4.96. The quantitative estimate of drug-likeness (QED) is 0.440. The molecule has 18 heavy (non-hydrogen) atoms. The highest BCUT2D eigenvalue weighted by Crippen LogP contribution is 2.21. The van der Waals surface area contributed by atoms with E-state index in [0.29, 0.717) is 18.4 Å². The predicted octanol–water partition coefficient (Wildman–Crippen LogP) is 2.27. The second kappa shape index (κ2) is 6.73. The molecule has 0 radical (unpaired) electrons. The lowest BCUT2D eigenvalue weighted by molar-refractivity contribution is -0.384. The zero-order chi connectivity index (χ0) is 13.5. The van der Waals surface area contributed by atoms with E-state index in [0.717, 1.165) is 12.8 Å². The van der Waals surface area contributed by atoms with Gasteiger partial charge in [0.15, 0.2) is 0 Å². The summed E-state index contributed by atoms with van der Waals surface area (Å²) in [5.74, 6) is 1.26. The largest absolute Gasteiger partial charge is 0.364 e. The zero-order valence-electron chi connectivity index (χ0n) is 10.9. The molecule has 0 aliphatic heterocycles. The van der Waals surface area contributed by atoms with Crippen molar-refractivity contribution in [1.82, 2.24) is 9.97 Å². The Morgan fingerprint density at radius 2 is 2.22 bits per heavy atom. The average Bonchev–Trinajstić information content (AvgIpc) is 2.33. The normalized spacial score (nSPS) is 10.4. The summed E-state index contributed by atoms with van der Waals surface area (Å²) in [5, 5.41) is 16.6. The number of aromatic nitrogens is 2. The Bertz CT molecular complexity index is 408. The van der Waals surface area contributed by atoms with Gasteiger partial charge in [-0.1, -0.05) is 13.8 Å². The van der Waals surface area contributed by atoms with Crippen molar-refractivity contribution < 1.29 is 4.92 Å². The number of nitro groups is 1. The van der Waals surface area contributed by atoms with Crippen molar-refractivity contribution in [2.45, 2.75) is 26.7 Å². The van der Waals surface area contributed by atoms with Gasteiger partial charge in [0.2, 0.25) is 11.8 Å². The molecule has 0 unspecified atom stereocenters. The lowest BCUT2D eigenvalue weighted by Crippen LogP contribution is -2.09. The molecule has 0 aromatic carbocycles. The minimum Gasteiger partial charge on any atom is -0.364 e. The van der Waals surface area contributed by atoms with Gasteiger partial charge in [-0.25, -0.2) is 4.98 Å². The molecule has 7 heteroatoms. The minimum absolute atomic E-state index is 0.0986. The molecule has 1 aromatic rings. The van der Waals surface area contributed by atoms with Crippen LogP contribution in [0.1, 0.15) is 26.7 Å². The van der Waals surface area contributed by atoms with Crippen LogP contribution in [0.25, 0.3) is 0 Å². The van der Waals surface area contributed by atoms with E-state index in [-0.39, 0.29) is 11.5 Å². The van der Waals surface area contributed by atoms with Crippen molar-refractivity contribution in [3.63, 3.8) is 0 Å². The van der Waals surface area contributed by atoms with Crippen LogP contribution in [0.15, 0.2) is 6.20 Å². The van der Waals surface area contributed by atoms with Crippen LogP contribution in [-0.2, 0) is 0 Å². The smallest absolute Gasteiger partial charge is 0.329 e. The fourth-order valence-corrected chi connectivity index (χ4v) is 1.48. The summed E-state index contributed by atoms with van der Waals surface area (Å²) >= 11 is 0. The summed E-state index contributed by atoms with van der Waals surface area (Å²) in [5.41, 5.74) is -0.0986. The average molecular weight is 253 g/mol. The molecular weight excluding hydrogens is 234 g/mol. The van der Waals surface area contributed by atoms with E-state index in [1.807, 2.05) is 0 Å². The summed E-state index contributed by atoms with van der Waals surface area (Å²) in [6, 6.07) is 0. The number of hydrogen-bond donors (Lipinski definition) is 2. The summed E-state index contributed by atoms with van der Waals surface area (Å²) in [6.07, 6.45) is 3.24. The lowest BCUT2D eigenvalue weighted by Gasteiger charge is -2.08. The molecule has 0 spiro atoms. The van der Waals surface area contributed by atoms with Gasteiger partial charge in [0.25, 0.3) is 0 Å². The summed E-state index contributed by atoms with van der Waals surface area (Å²) < 4.78 is 0. The van der Waals surface area contributed by atoms with Crippen LogP contribution in [0.2, 0.25) is 0 Å². The third-order valence-corrected chi connectivity index (χ3v) is 2.44. The van der Waals surface area contributed by atoms with E-state index in [2.05, 4.69) is 34.4 Å². The van der Waals surface area contributed by atoms with Crippen LogP contribution >= 0.6 is 0 Å². The van der Waals surface area contributed by atoms with Gasteiger partial charge in [-0.15, -0.1) is 0 Å². The Morgan fingerprint density at radius 3 is 2.78 bits per heavy atom. The van der Waals surface area contributed by atoms with Gasteiger partial charge < -0.3 is 10.6 Å². The molecule has 0 atom stereocenters. The van der Waals surface area contributed by atoms with E-state index in [1.54, 1.807) is 7.05 Å². The molecule has 1 rings (SSSR count). The van der Waals surface area contributed by atoms with Crippen LogP contribution in [-0.4, -0.2) is 28.5 Å². The molecular formula is C11H19N5O2. The van der Waals surface area contributed by atoms with Gasteiger partial charge in [0.05, 0.1) is 4.92 Å².